The fourth-order valence-corrected chi connectivity index (χ4v) is 3.59. The summed E-state index contributed by atoms with van der Waals surface area (Å²) in [5, 5.41) is 0.603. The average Bonchev–Trinajstić information content (AvgIpc) is 2.38. The summed E-state index contributed by atoms with van der Waals surface area (Å²) in [6.45, 7) is 4.02. The zero-order valence-corrected chi connectivity index (χ0v) is 11.5. The number of para-hydroxylation sites is 1. The van der Waals surface area contributed by atoms with Crippen LogP contribution in [0.5, 0.6) is 0 Å². The largest absolute Gasteiger partial charge is 0.367 e. The molecule has 0 saturated carbocycles. The molecule has 1 unspecified atom stereocenters. The van der Waals surface area contributed by atoms with E-state index in [1.807, 2.05) is 17.8 Å². The summed E-state index contributed by atoms with van der Waals surface area (Å²) in [6.07, 6.45) is 1.13. The molecule has 0 radical (unpaired) electrons. The fourth-order valence-electron chi connectivity index (χ4n) is 2.19. The lowest BCUT2D eigenvalue weighted by Crippen LogP contribution is -2.38. The van der Waals surface area contributed by atoms with Crippen molar-refractivity contribution in [3.63, 3.8) is 0 Å². The fraction of sp³-hybridized carbons (Fsp3) is 0.538. The van der Waals surface area contributed by atoms with Crippen LogP contribution in [0.4, 0.5) is 10.1 Å². The predicted molar refractivity (Wildman–Crippen MR) is 74.7 cm³/mol. The molecule has 1 aromatic carbocycles. The second-order valence-corrected chi connectivity index (χ2v) is 5.90. The standard InChI is InChI=1S/C13H17ClFNS/c1-2-11-9-16(6-7-17-11)13-10(8-14)4-3-5-12(13)15/h3-5,11H,2,6-9H2,1H3. The van der Waals surface area contributed by atoms with Crippen LogP contribution in [-0.2, 0) is 5.88 Å². The van der Waals surface area contributed by atoms with E-state index in [1.54, 1.807) is 6.07 Å². The second kappa shape index (κ2) is 5.96. The van der Waals surface area contributed by atoms with E-state index in [9.17, 15) is 4.39 Å². The van der Waals surface area contributed by atoms with Crippen LogP contribution in [0.1, 0.15) is 18.9 Å². The SMILES string of the molecule is CCC1CN(c2c(F)cccc2CCl)CCS1. The number of halogens is 2. The monoisotopic (exact) mass is 273 g/mol. The van der Waals surface area contributed by atoms with Crippen molar-refractivity contribution in [3.8, 4) is 0 Å². The highest BCUT2D eigenvalue weighted by atomic mass is 35.5. The number of alkyl halides is 1. The molecule has 1 atom stereocenters. The highest BCUT2D eigenvalue weighted by Crippen LogP contribution is 2.31. The summed E-state index contributed by atoms with van der Waals surface area (Å²) in [5.74, 6) is 1.28. The van der Waals surface area contributed by atoms with Gasteiger partial charge >= 0.3 is 0 Å². The van der Waals surface area contributed by atoms with E-state index in [-0.39, 0.29) is 5.82 Å². The molecule has 0 aromatic heterocycles. The van der Waals surface area contributed by atoms with E-state index in [4.69, 9.17) is 11.6 Å². The van der Waals surface area contributed by atoms with Crippen molar-refractivity contribution in [2.75, 3.05) is 23.7 Å². The van der Waals surface area contributed by atoms with Crippen LogP contribution < -0.4 is 4.90 Å². The van der Waals surface area contributed by atoms with Gasteiger partial charge in [-0.15, -0.1) is 11.6 Å². The van der Waals surface area contributed by atoms with Gasteiger partial charge < -0.3 is 4.90 Å². The van der Waals surface area contributed by atoms with Gasteiger partial charge in [-0.1, -0.05) is 19.1 Å². The Labute approximate surface area is 111 Å². The molecule has 0 amide bonds. The maximum Gasteiger partial charge on any atom is 0.146 e. The summed E-state index contributed by atoms with van der Waals surface area (Å²) >= 11 is 7.88. The van der Waals surface area contributed by atoms with Crippen molar-refractivity contribution in [2.45, 2.75) is 24.5 Å². The molecule has 1 aliphatic heterocycles. The molecule has 0 N–H and O–H groups in total. The Morgan fingerprint density at radius 2 is 2.35 bits per heavy atom. The van der Waals surface area contributed by atoms with Crippen LogP contribution in [-0.4, -0.2) is 24.1 Å². The lowest BCUT2D eigenvalue weighted by molar-refractivity contribution is 0.611. The Balaban J connectivity index is 2.26. The van der Waals surface area contributed by atoms with Crippen molar-refractivity contribution >= 4 is 29.1 Å². The quantitative estimate of drug-likeness (QED) is 0.769. The lowest BCUT2D eigenvalue weighted by Gasteiger charge is -2.34. The number of hydrogen-bond donors (Lipinski definition) is 0. The van der Waals surface area contributed by atoms with Gasteiger partial charge in [0, 0.05) is 30.0 Å². The first-order valence-electron chi connectivity index (χ1n) is 5.96. The average molecular weight is 274 g/mol. The van der Waals surface area contributed by atoms with E-state index in [1.165, 1.54) is 6.07 Å². The smallest absolute Gasteiger partial charge is 0.146 e. The first-order valence-corrected chi connectivity index (χ1v) is 7.54. The van der Waals surface area contributed by atoms with Crippen molar-refractivity contribution in [2.24, 2.45) is 0 Å². The van der Waals surface area contributed by atoms with E-state index in [0.717, 1.165) is 30.8 Å². The van der Waals surface area contributed by atoms with Gasteiger partial charge in [0.25, 0.3) is 0 Å². The minimum absolute atomic E-state index is 0.148. The molecule has 1 aliphatic rings. The van der Waals surface area contributed by atoms with Crippen molar-refractivity contribution in [3.05, 3.63) is 29.6 Å². The van der Waals surface area contributed by atoms with E-state index >= 15 is 0 Å². The Bertz CT molecular complexity index is 386. The first-order chi connectivity index (χ1) is 8.26. The second-order valence-electron chi connectivity index (χ2n) is 4.23. The van der Waals surface area contributed by atoms with Gasteiger partial charge in [0.1, 0.15) is 5.82 Å². The molecule has 0 spiro atoms. The molecule has 2 rings (SSSR count). The van der Waals surface area contributed by atoms with Crippen LogP contribution in [0.25, 0.3) is 0 Å². The van der Waals surface area contributed by atoms with Gasteiger partial charge in [-0.25, -0.2) is 4.39 Å². The number of rotatable bonds is 3. The summed E-state index contributed by atoms with van der Waals surface area (Å²) in [6, 6.07) is 5.16. The predicted octanol–water partition coefficient (Wildman–Crippen LogP) is 3.90. The minimum Gasteiger partial charge on any atom is -0.367 e. The third kappa shape index (κ3) is 2.89. The molecule has 17 heavy (non-hydrogen) atoms. The third-order valence-corrected chi connectivity index (χ3v) is 4.78. The zero-order valence-electron chi connectivity index (χ0n) is 9.96. The molecular formula is C13H17ClFNS. The van der Waals surface area contributed by atoms with Crippen molar-refractivity contribution < 1.29 is 4.39 Å². The Morgan fingerprint density at radius 1 is 1.53 bits per heavy atom. The van der Waals surface area contributed by atoms with E-state index in [2.05, 4.69) is 11.8 Å². The number of hydrogen-bond acceptors (Lipinski definition) is 2. The van der Waals surface area contributed by atoms with Crippen LogP contribution in [0, 0.1) is 5.82 Å². The highest BCUT2D eigenvalue weighted by Gasteiger charge is 2.23. The molecule has 94 valence electrons. The first kappa shape index (κ1) is 13.0. The number of thioether (sulfide) groups is 1. The van der Waals surface area contributed by atoms with Gasteiger partial charge in [0.15, 0.2) is 0 Å². The maximum atomic E-state index is 13.9. The number of benzene rings is 1. The van der Waals surface area contributed by atoms with Crippen LogP contribution >= 0.6 is 23.4 Å². The van der Waals surface area contributed by atoms with Gasteiger partial charge in [-0.05, 0) is 18.1 Å². The Morgan fingerprint density at radius 3 is 3.06 bits per heavy atom. The van der Waals surface area contributed by atoms with E-state index in [0.29, 0.717) is 16.8 Å². The Kier molecular flexibility index (Phi) is 4.57. The maximum absolute atomic E-state index is 13.9. The summed E-state index contributed by atoms with van der Waals surface area (Å²) in [4.78, 5) is 2.15. The van der Waals surface area contributed by atoms with E-state index < -0.39 is 0 Å². The molecule has 1 aromatic rings. The summed E-state index contributed by atoms with van der Waals surface area (Å²) in [5.41, 5.74) is 1.61. The molecule has 0 aliphatic carbocycles. The summed E-state index contributed by atoms with van der Waals surface area (Å²) in [7, 11) is 0. The van der Waals surface area contributed by atoms with Crippen LogP contribution in [0.15, 0.2) is 18.2 Å². The molecule has 0 bridgehead atoms. The highest BCUT2D eigenvalue weighted by molar-refractivity contribution is 8.00. The molecule has 1 saturated heterocycles. The molecule has 4 heteroatoms. The molecule has 1 fully saturated rings. The topological polar surface area (TPSA) is 3.24 Å². The van der Waals surface area contributed by atoms with Gasteiger partial charge in [-0.3, -0.25) is 0 Å². The lowest BCUT2D eigenvalue weighted by atomic mass is 10.1. The normalized spacial score (nSPS) is 20.6. The molecule has 1 heterocycles. The van der Waals surface area contributed by atoms with Crippen LogP contribution in [0.3, 0.4) is 0 Å². The van der Waals surface area contributed by atoms with Crippen molar-refractivity contribution in [1.82, 2.24) is 0 Å². The zero-order chi connectivity index (χ0) is 12.3. The van der Waals surface area contributed by atoms with Crippen molar-refractivity contribution in [1.29, 1.82) is 0 Å². The van der Waals surface area contributed by atoms with Gasteiger partial charge in [0.05, 0.1) is 5.69 Å². The third-order valence-electron chi connectivity index (χ3n) is 3.12. The van der Waals surface area contributed by atoms with Gasteiger partial charge in [0.2, 0.25) is 0 Å². The molecular weight excluding hydrogens is 257 g/mol. The van der Waals surface area contributed by atoms with Gasteiger partial charge in [-0.2, -0.15) is 11.8 Å². The van der Waals surface area contributed by atoms with Crippen LogP contribution in [0.2, 0.25) is 0 Å². The minimum atomic E-state index is -0.148. The number of anilines is 1. The number of nitrogens with zero attached hydrogens (tertiary/aromatic N) is 1. The molecule has 1 nitrogen and oxygen atoms in total. The Hall–Kier alpha value is -0.410. The summed E-state index contributed by atoms with van der Waals surface area (Å²) < 4.78 is 13.9.